The van der Waals surface area contributed by atoms with Crippen molar-refractivity contribution < 1.29 is 5.11 Å². The van der Waals surface area contributed by atoms with E-state index in [4.69, 9.17) is 5.11 Å². The molecule has 5 heteroatoms. The van der Waals surface area contributed by atoms with Crippen LogP contribution in [-0.2, 0) is 6.42 Å². The fourth-order valence-corrected chi connectivity index (χ4v) is 1.71. The first kappa shape index (κ1) is 12.0. The molecule has 0 aromatic carbocycles. The third kappa shape index (κ3) is 2.81. The highest BCUT2D eigenvalue weighted by Crippen LogP contribution is 2.14. The summed E-state index contributed by atoms with van der Waals surface area (Å²) < 4.78 is 0. The molecule has 0 saturated carbocycles. The van der Waals surface area contributed by atoms with Crippen LogP contribution in [0.2, 0.25) is 0 Å². The van der Waals surface area contributed by atoms with Crippen LogP contribution in [0.15, 0.2) is 18.6 Å². The number of pyridine rings is 1. The third-order valence-electron chi connectivity index (χ3n) is 2.84. The lowest BCUT2D eigenvalue weighted by Crippen LogP contribution is -2.43. The van der Waals surface area contributed by atoms with Crippen LogP contribution in [0.1, 0.15) is 19.4 Å². The molecule has 0 aliphatic rings. The SMILES string of the molecule is CC(C)(CO)NCCc1cncc2[nH]ncc12. The van der Waals surface area contributed by atoms with Crippen LogP contribution in [0.5, 0.6) is 0 Å². The molecule has 2 aromatic heterocycles. The van der Waals surface area contributed by atoms with E-state index in [0.717, 1.165) is 29.4 Å². The van der Waals surface area contributed by atoms with E-state index < -0.39 is 0 Å². The van der Waals surface area contributed by atoms with E-state index in [1.807, 2.05) is 26.2 Å². The Kier molecular flexibility index (Phi) is 3.40. The van der Waals surface area contributed by atoms with Gasteiger partial charge in [-0.1, -0.05) is 0 Å². The number of hydrogen-bond donors (Lipinski definition) is 3. The number of nitrogens with one attached hydrogen (secondary N) is 2. The summed E-state index contributed by atoms with van der Waals surface area (Å²) in [7, 11) is 0. The topological polar surface area (TPSA) is 73.8 Å². The summed E-state index contributed by atoms with van der Waals surface area (Å²) in [5, 5.41) is 20.5. The van der Waals surface area contributed by atoms with Gasteiger partial charge in [0.25, 0.3) is 0 Å². The molecule has 0 atom stereocenters. The lowest BCUT2D eigenvalue weighted by atomic mass is 10.1. The van der Waals surface area contributed by atoms with Crippen molar-refractivity contribution in [3.63, 3.8) is 0 Å². The van der Waals surface area contributed by atoms with E-state index in [0.29, 0.717) is 0 Å². The second-order valence-corrected chi connectivity index (χ2v) is 4.85. The maximum atomic E-state index is 9.14. The molecule has 0 amide bonds. The fraction of sp³-hybridized carbons (Fsp3) is 0.500. The summed E-state index contributed by atoms with van der Waals surface area (Å²) in [6, 6.07) is 0. The summed E-state index contributed by atoms with van der Waals surface area (Å²) >= 11 is 0. The number of nitrogens with zero attached hydrogens (tertiary/aromatic N) is 2. The quantitative estimate of drug-likeness (QED) is 0.717. The Morgan fingerprint density at radius 2 is 2.18 bits per heavy atom. The van der Waals surface area contributed by atoms with Crippen molar-refractivity contribution in [2.45, 2.75) is 25.8 Å². The van der Waals surface area contributed by atoms with Gasteiger partial charge in [-0.3, -0.25) is 10.1 Å². The molecule has 2 aromatic rings. The first-order valence-electron chi connectivity index (χ1n) is 5.74. The van der Waals surface area contributed by atoms with Crippen LogP contribution < -0.4 is 5.32 Å². The van der Waals surface area contributed by atoms with E-state index in [-0.39, 0.29) is 12.1 Å². The molecule has 0 spiro atoms. The summed E-state index contributed by atoms with van der Waals surface area (Å²) in [5.41, 5.74) is 1.89. The van der Waals surface area contributed by atoms with Gasteiger partial charge in [0.05, 0.1) is 24.5 Å². The molecule has 2 heterocycles. The van der Waals surface area contributed by atoms with E-state index in [9.17, 15) is 0 Å². The van der Waals surface area contributed by atoms with Crippen molar-refractivity contribution in [1.29, 1.82) is 0 Å². The molecule has 17 heavy (non-hydrogen) atoms. The summed E-state index contributed by atoms with van der Waals surface area (Å²) in [5.74, 6) is 0. The second-order valence-electron chi connectivity index (χ2n) is 4.85. The predicted octanol–water partition coefficient (Wildman–Crippen LogP) is 0.861. The minimum absolute atomic E-state index is 0.126. The highest BCUT2D eigenvalue weighted by molar-refractivity contribution is 5.80. The molecule has 0 aliphatic heterocycles. The number of aliphatic hydroxyl groups excluding tert-OH is 1. The van der Waals surface area contributed by atoms with Crippen LogP contribution in [-0.4, -0.2) is 39.0 Å². The Bertz CT molecular complexity index is 492. The maximum absolute atomic E-state index is 9.14. The zero-order valence-corrected chi connectivity index (χ0v) is 10.2. The number of aromatic amines is 1. The summed E-state index contributed by atoms with van der Waals surface area (Å²) in [4.78, 5) is 4.17. The van der Waals surface area contributed by atoms with Crippen LogP contribution in [0.4, 0.5) is 0 Å². The molecule has 3 N–H and O–H groups in total. The highest BCUT2D eigenvalue weighted by atomic mass is 16.3. The average Bonchev–Trinajstić information content (AvgIpc) is 2.78. The number of aromatic nitrogens is 3. The molecule has 0 fully saturated rings. The minimum Gasteiger partial charge on any atom is -0.394 e. The summed E-state index contributed by atoms with van der Waals surface area (Å²) in [6.45, 7) is 4.88. The largest absolute Gasteiger partial charge is 0.394 e. The monoisotopic (exact) mass is 234 g/mol. The smallest absolute Gasteiger partial charge is 0.0836 e. The first-order valence-corrected chi connectivity index (χ1v) is 5.74. The average molecular weight is 234 g/mol. The molecule has 2 rings (SSSR count). The first-order chi connectivity index (χ1) is 8.12. The maximum Gasteiger partial charge on any atom is 0.0836 e. The molecule has 0 radical (unpaired) electrons. The predicted molar refractivity (Wildman–Crippen MR) is 66.8 cm³/mol. The Morgan fingerprint density at radius 1 is 1.35 bits per heavy atom. The Balaban J connectivity index is 2.02. The van der Waals surface area contributed by atoms with Crippen LogP contribution >= 0.6 is 0 Å². The Morgan fingerprint density at radius 3 is 2.94 bits per heavy atom. The highest BCUT2D eigenvalue weighted by Gasteiger charge is 2.14. The molecule has 0 bridgehead atoms. The summed E-state index contributed by atoms with van der Waals surface area (Å²) in [6.07, 6.45) is 6.33. The van der Waals surface area contributed by atoms with Crippen LogP contribution in [0.25, 0.3) is 10.9 Å². The molecular weight excluding hydrogens is 216 g/mol. The molecule has 92 valence electrons. The van der Waals surface area contributed by atoms with Gasteiger partial charge in [-0.15, -0.1) is 0 Å². The minimum atomic E-state index is -0.238. The van der Waals surface area contributed by atoms with Gasteiger partial charge in [-0.2, -0.15) is 5.10 Å². The van der Waals surface area contributed by atoms with Gasteiger partial charge in [0.2, 0.25) is 0 Å². The van der Waals surface area contributed by atoms with Gasteiger partial charge >= 0.3 is 0 Å². The van der Waals surface area contributed by atoms with Crippen LogP contribution in [0, 0.1) is 0 Å². The zero-order chi connectivity index (χ0) is 12.3. The Labute approximate surface area is 100 Å². The van der Waals surface area contributed by atoms with Crippen molar-refractivity contribution in [3.8, 4) is 0 Å². The number of fused-ring (bicyclic) bond motifs is 1. The van der Waals surface area contributed by atoms with Gasteiger partial charge < -0.3 is 10.4 Å². The van der Waals surface area contributed by atoms with Gasteiger partial charge in [-0.25, -0.2) is 0 Å². The van der Waals surface area contributed by atoms with E-state index in [2.05, 4.69) is 20.5 Å². The van der Waals surface area contributed by atoms with Crippen molar-refractivity contribution in [2.75, 3.05) is 13.2 Å². The lowest BCUT2D eigenvalue weighted by molar-refractivity contribution is 0.189. The number of H-pyrrole nitrogens is 1. The molecular formula is C12H18N4O. The van der Waals surface area contributed by atoms with Gasteiger partial charge in [0.15, 0.2) is 0 Å². The molecule has 0 saturated heterocycles. The zero-order valence-electron chi connectivity index (χ0n) is 10.2. The van der Waals surface area contributed by atoms with Gasteiger partial charge in [0.1, 0.15) is 0 Å². The van der Waals surface area contributed by atoms with Crippen molar-refractivity contribution in [3.05, 3.63) is 24.2 Å². The van der Waals surface area contributed by atoms with Gasteiger partial charge in [-0.05, 0) is 32.4 Å². The lowest BCUT2D eigenvalue weighted by Gasteiger charge is -2.23. The number of hydrogen-bond acceptors (Lipinski definition) is 4. The second kappa shape index (κ2) is 4.81. The molecule has 0 aliphatic carbocycles. The third-order valence-corrected chi connectivity index (χ3v) is 2.84. The Hall–Kier alpha value is -1.46. The van der Waals surface area contributed by atoms with E-state index in [1.165, 1.54) is 0 Å². The number of aliphatic hydroxyl groups is 1. The fourth-order valence-electron chi connectivity index (χ4n) is 1.71. The van der Waals surface area contributed by atoms with E-state index in [1.54, 1.807) is 6.20 Å². The molecule has 5 nitrogen and oxygen atoms in total. The normalized spacial score (nSPS) is 12.2. The van der Waals surface area contributed by atoms with Crippen molar-refractivity contribution >= 4 is 10.9 Å². The number of rotatable bonds is 5. The van der Waals surface area contributed by atoms with Crippen molar-refractivity contribution in [1.82, 2.24) is 20.5 Å². The van der Waals surface area contributed by atoms with Crippen LogP contribution in [0.3, 0.4) is 0 Å². The molecule has 0 unspecified atom stereocenters. The van der Waals surface area contributed by atoms with Crippen molar-refractivity contribution in [2.24, 2.45) is 0 Å². The standard InChI is InChI=1S/C12H18N4O/c1-12(2,8-17)14-4-3-9-5-13-7-11-10(9)6-15-16-11/h5-7,14,17H,3-4,8H2,1-2H3,(H,15,16). The van der Waals surface area contributed by atoms with E-state index >= 15 is 0 Å². The van der Waals surface area contributed by atoms with Gasteiger partial charge in [0, 0.05) is 17.1 Å².